The number of rotatable bonds is 0. The topological polar surface area (TPSA) is 0 Å². The van der Waals surface area contributed by atoms with Crippen molar-refractivity contribution in [1.82, 2.24) is 0 Å². The molecule has 0 heterocycles. The van der Waals surface area contributed by atoms with Gasteiger partial charge in [-0.15, -0.1) is 0 Å². The third kappa shape index (κ3) is 1.17. The standard InChI is InChI=1S/C7H13I/c1-5-3-4-7(8)6(5)2/h5-7H,3-4H2,1-2H3/t5-,6+,7?/m0/s1. The maximum absolute atomic E-state index is 2.57. The van der Waals surface area contributed by atoms with Crippen LogP contribution in [0.25, 0.3) is 0 Å². The fourth-order valence-corrected chi connectivity index (χ4v) is 2.37. The van der Waals surface area contributed by atoms with Crippen molar-refractivity contribution in [2.24, 2.45) is 11.8 Å². The highest BCUT2D eigenvalue weighted by Crippen LogP contribution is 2.35. The number of hydrogen-bond acceptors (Lipinski definition) is 0. The molecule has 1 unspecified atom stereocenters. The smallest absolute Gasteiger partial charge is 0.0138 e. The predicted molar refractivity (Wildman–Crippen MR) is 45.4 cm³/mol. The molecule has 0 aromatic rings. The van der Waals surface area contributed by atoms with Crippen molar-refractivity contribution in [3.05, 3.63) is 0 Å². The molecule has 1 aliphatic rings. The molecule has 1 saturated carbocycles. The van der Waals surface area contributed by atoms with Crippen molar-refractivity contribution in [2.45, 2.75) is 30.6 Å². The molecule has 1 heteroatoms. The Bertz CT molecular complexity index is 70.5. The van der Waals surface area contributed by atoms with Crippen molar-refractivity contribution in [2.75, 3.05) is 0 Å². The van der Waals surface area contributed by atoms with E-state index in [1.54, 1.807) is 0 Å². The summed E-state index contributed by atoms with van der Waals surface area (Å²) in [6, 6.07) is 0. The Labute approximate surface area is 65.2 Å². The first kappa shape index (κ1) is 6.84. The van der Waals surface area contributed by atoms with E-state index in [1.165, 1.54) is 12.8 Å². The first-order valence-electron chi connectivity index (χ1n) is 3.36. The molecule has 0 N–H and O–H groups in total. The quantitative estimate of drug-likeness (QED) is 0.438. The molecule has 0 amide bonds. The lowest BCUT2D eigenvalue weighted by Gasteiger charge is -2.10. The van der Waals surface area contributed by atoms with E-state index >= 15 is 0 Å². The Hall–Kier alpha value is 0.730. The van der Waals surface area contributed by atoms with Gasteiger partial charge in [0, 0.05) is 3.92 Å². The zero-order chi connectivity index (χ0) is 6.15. The summed E-state index contributed by atoms with van der Waals surface area (Å²) in [5, 5.41) is 0. The number of hydrogen-bond donors (Lipinski definition) is 0. The summed E-state index contributed by atoms with van der Waals surface area (Å²) in [5.74, 6) is 1.95. The normalized spacial score (nSPS) is 47.6. The molecule has 0 aliphatic heterocycles. The van der Waals surface area contributed by atoms with Crippen LogP contribution in [0.5, 0.6) is 0 Å². The Kier molecular flexibility index (Phi) is 2.18. The molecule has 1 rings (SSSR count). The van der Waals surface area contributed by atoms with Gasteiger partial charge in [-0.25, -0.2) is 0 Å². The zero-order valence-electron chi connectivity index (χ0n) is 5.52. The Morgan fingerprint density at radius 3 is 2.00 bits per heavy atom. The van der Waals surface area contributed by atoms with Crippen molar-refractivity contribution < 1.29 is 0 Å². The molecule has 3 atom stereocenters. The second-order valence-electron chi connectivity index (χ2n) is 2.93. The van der Waals surface area contributed by atoms with Crippen LogP contribution in [0.3, 0.4) is 0 Å². The highest BCUT2D eigenvalue weighted by atomic mass is 127. The Balaban J connectivity index is 2.44. The third-order valence-electron chi connectivity index (χ3n) is 2.37. The second-order valence-corrected chi connectivity index (χ2v) is 4.53. The lowest BCUT2D eigenvalue weighted by Crippen LogP contribution is -2.06. The SMILES string of the molecule is C[C@H]1CCC(I)[C@@H]1C. The molecule has 0 saturated heterocycles. The van der Waals surface area contributed by atoms with Crippen LogP contribution in [-0.2, 0) is 0 Å². The summed E-state index contributed by atoms with van der Waals surface area (Å²) < 4.78 is 0.961. The van der Waals surface area contributed by atoms with Gasteiger partial charge in [-0.1, -0.05) is 36.4 Å². The van der Waals surface area contributed by atoms with Crippen molar-refractivity contribution in [1.29, 1.82) is 0 Å². The van der Waals surface area contributed by atoms with Gasteiger partial charge in [-0.2, -0.15) is 0 Å². The van der Waals surface area contributed by atoms with Gasteiger partial charge in [0.2, 0.25) is 0 Å². The molecule has 0 spiro atoms. The van der Waals surface area contributed by atoms with E-state index in [-0.39, 0.29) is 0 Å². The molecule has 0 bridgehead atoms. The molecule has 1 fully saturated rings. The molecule has 8 heavy (non-hydrogen) atoms. The van der Waals surface area contributed by atoms with E-state index in [9.17, 15) is 0 Å². The maximum atomic E-state index is 2.57. The largest absolute Gasteiger partial charge is 0.0823 e. The Morgan fingerprint density at radius 2 is 1.88 bits per heavy atom. The van der Waals surface area contributed by atoms with E-state index in [0.29, 0.717) is 0 Å². The van der Waals surface area contributed by atoms with Gasteiger partial charge in [0.15, 0.2) is 0 Å². The molecular formula is C7H13I. The highest BCUT2D eigenvalue weighted by Gasteiger charge is 2.26. The molecule has 48 valence electrons. The molecule has 0 radical (unpaired) electrons. The van der Waals surface area contributed by atoms with Gasteiger partial charge < -0.3 is 0 Å². The number of alkyl halides is 1. The highest BCUT2D eigenvalue weighted by molar-refractivity contribution is 14.1. The lowest BCUT2D eigenvalue weighted by atomic mass is 10.0. The van der Waals surface area contributed by atoms with Gasteiger partial charge in [-0.05, 0) is 24.7 Å². The van der Waals surface area contributed by atoms with Gasteiger partial charge >= 0.3 is 0 Å². The minimum absolute atomic E-state index is 0.961. The monoisotopic (exact) mass is 224 g/mol. The summed E-state index contributed by atoms with van der Waals surface area (Å²) in [5.41, 5.74) is 0. The first-order valence-corrected chi connectivity index (χ1v) is 4.60. The summed E-state index contributed by atoms with van der Waals surface area (Å²) in [7, 11) is 0. The molecule has 0 aromatic heterocycles. The van der Waals surface area contributed by atoms with Crippen LogP contribution >= 0.6 is 22.6 Å². The summed E-state index contributed by atoms with van der Waals surface area (Å²) in [4.78, 5) is 0. The fraction of sp³-hybridized carbons (Fsp3) is 1.00. The van der Waals surface area contributed by atoms with Gasteiger partial charge in [0.1, 0.15) is 0 Å². The van der Waals surface area contributed by atoms with Gasteiger partial charge in [0.05, 0.1) is 0 Å². The molecular weight excluding hydrogens is 211 g/mol. The third-order valence-corrected chi connectivity index (χ3v) is 4.12. The molecule has 0 nitrogen and oxygen atoms in total. The van der Waals surface area contributed by atoms with Crippen molar-refractivity contribution in [3.8, 4) is 0 Å². The second kappa shape index (κ2) is 2.54. The van der Waals surface area contributed by atoms with Gasteiger partial charge in [0.25, 0.3) is 0 Å². The van der Waals surface area contributed by atoms with E-state index in [4.69, 9.17) is 0 Å². The van der Waals surface area contributed by atoms with Crippen LogP contribution in [0.1, 0.15) is 26.7 Å². The first-order chi connectivity index (χ1) is 3.72. The van der Waals surface area contributed by atoms with Crippen LogP contribution in [0, 0.1) is 11.8 Å². The fourth-order valence-electron chi connectivity index (χ4n) is 1.30. The zero-order valence-corrected chi connectivity index (χ0v) is 7.68. The van der Waals surface area contributed by atoms with E-state index < -0.39 is 0 Å². The van der Waals surface area contributed by atoms with E-state index in [1.807, 2.05) is 0 Å². The van der Waals surface area contributed by atoms with E-state index in [0.717, 1.165) is 15.8 Å². The van der Waals surface area contributed by atoms with Crippen LogP contribution in [0.15, 0.2) is 0 Å². The van der Waals surface area contributed by atoms with Crippen LogP contribution in [0.2, 0.25) is 0 Å². The average Bonchev–Trinajstić information content (AvgIpc) is 1.98. The summed E-state index contributed by atoms with van der Waals surface area (Å²) in [6.07, 6.45) is 2.90. The van der Waals surface area contributed by atoms with E-state index in [2.05, 4.69) is 36.4 Å². The van der Waals surface area contributed by atoms with Crippen molar-refractivity contribution in [3.63, 3.8) is 0 Å². The Morgan fingerprint density at radius 1 is 1.25 bits per heavy atom. The minimum atomic E-state index is 0.961. The molecule has 0 aromatic carbocycles. The maximum Gasteiger partial charge on any atom is 0.0138 e. The number of halogens is 1. The summed E-state index contributed by atoms with van der Waals surface area (Å²) >= 11 is 2.57. The van der Waals surface area contributed by atoms with Crippen LogP contribution < -0.4 is 0 Å². The predicted octanol–water partition coefficient (Wildman–Crippen LogP) is 2.86. The van der Waals surface area contributed by atoms with Gasteiger partial charge in [-0.3, -0.25) is 0 Å². The minimum Gasteiger partial charge on any atom is -0.0823 e. The van der Waals surface area contributed by atoms with Crippen LogP contribution in [-0.4, -0.2) is 3.92 Å². The molecule has 1 aliphatic carbocycles. The van der Waals surface area contributed by atoms with Crippen LogP contribution in [0.4, 0.5) is 0 Å². The van der Waals surface area contributed by atoms with Crippen molar-refractivity contribution >= 4 is 22.6 Å². The lowest BCUT2D eigenvalue weighted by molar-refractivity contribution is 0.468. The summed E-state index contributed by atoms with van der Waals surface area (Å²) in [6.45, 7) is 4.73. The average molecular weight is 224 g/mol.